The quantitative estimate of drug-likeness (QED) is 0.496. The normalized spacial score (nSPS) is 11.2. The second-order valence-corrected chi connectivity index (χ2v) is 4.60. The van der Waals surface area contributed by atoms with Crippen LogP contribution < -0.4 is 11.1 Å². The molecule has 0 aliphatic rings. The molecule has 0 aliphatic carbocycles. The lowest BCUT2D eigenvalue weighted by molar-refractivity contribution is 1.55. The SMILES string of the molecule is N/C(=N\C(=S)Nc1ccccc1)c1cccs1. The van der Waals surface area contributed by atoms with E-state index in [9.17, 15) is 0 Å². The number of anilines is 1. The lowest BCUT2D eigenvalue weighted by Crippen LogP contribution is -2.17. The van der Waals surface area contributed by atoms with Gasteiger partial charge in [0, 0.05) is 5.69 Å². The molecule has 0 aliphatic heterocycles. The van der Waals surface area contributed by atoms with Crippen LogP contribution in [0.1, 0.15) is 4.88 Å². The summed E-state index contributed by atoms with van der Waals surface area (Å²) in [6.45, 7) is 0. The van der Waals surface area contributed by atoms with E-state index in [1.807, 2.05) is 47.8 Å². The van der Waals surface area contributed by atoms with E-state index < -0.39 is 0 Å². The molecule has 1 heterocycles. The predicted molar refractivity (Wildman–Crippen MR) is 77.7 cm³/mol. The van der Waals surface area contributed by atoms with Crippen molar-refractivity contribution in [2.45, 2.75) is 0 Å². The lowest BCUT2D eigenvalue weighted by atomic mass is 10.3. The number of hydrogen-bond acceptors (Lipinski definition) is 2. The highest BCUT2D eigenvalue weighted by molar-refractivity contribution is 7.80. The Kier molecular flexibility index (Phi) is 3.85. The maximum Gasteiger partial charge on any atom is 0.199 e. The van der Waals surface area contributed by atoms with Crippen molar-refractivity contribution in [1.82, 2.24) is 0 Å². The zero-order valence-corrected chi connectivity index (χ0v) is 10.6. The van der Waals surface area contributed by atoms with Crippen molar-refractivity contribution in [1.29, 1.82) is 0 Å². The number of thiocarbonyl (C=S) groups is 1. The highest BCUT2D eigenvalue weighted by Crippen LogP contribution is 2.09. The van der Waals surface area contributed by atoms with Gasteiger partial charge in [-0.05, 0) is 35.8 Å². The zero-order valence-electron chi connectivity index (χ0n) is 8.96. The van der Waals surface area contributed by atoms with Crippen molar-refractivity contribution in [3.63, 3.8) is 0 Å². The summed E-state index contributed by atoms with van der Waals surface area (Å²) in [5, 5.41) is 5.32. The van der Waals surface area contributed by atoms with Crippen LogP contribution in [-0.2, 0) is 0 Å². The van der Waals surface area contributed by atoms with Crippen molar-refractivity contribution in [3.05, 3.63) is 52.7 Å². The van der Waals surface area contributed by atoms with Crippen LogP contribution in [-0.4, -0.2) is 10.9 Å². The third-order valence-corrected chi connectivity index (χ3v) is 3.11. The summed E-state index contributed by atoms with van der Waals surface area (Å²) >= 11 is 6.65. The van der Waals surface area contributed by atoms with Crippen LogP contribution in [0.2, 0.25) is 0 Å². The van der Waals surface area contributed by atoms with Crippen LogP contribution in [0.25, 0.3) is 0 Å². The standard InChI is InChI=1S/C12H11N3S2/c13-11(10-7-4-8-17-10)15-12(16)14-9-5-2-1-3-6-9/h1-8H,(H3,13,14,15,16). The number of aliphatic imine (C=N–C) groups is 1. The van der Waals surface area contributed by atoms with E-state index in [1.54, 1.807) is 0 Å². The fraction of sp³-hybridized carbons (Fsp3) is 0. The van der Waals surface area contributed by atoms with Gasteiger partial charge >= 0.3 is 0 Å². The second kappa shape index (κ2) is 5.56. The first kappa shape index (κ1) is 11.8. The molecule has 86 valence electrons. The molecule has 0 saturated heterocycles. The summed E-state index contributed by atoms with van der Waals surface area (Å²) in [5.41, 5.74) is 6.73. The van der Waals surface area contributed by atoms with Gasteiger partial charge in [0.2, 0.25) is 0 Å². The molecule has 1 aromatic heterocycles. The fourth-order valence-electron chi connectivity index (χ4n) is 1.26. The smallest absolute Gasteiger partial charge is 0.199 e. The van der Waals surface area contributed by atoms with Gasteiger partial charge in [0.15, 0.2) is 5.11 Å². The molecule has 2 aromatic rings. The molecule has 1 aromatic carbocycles. The number of thiophene rings is 1. The molecule has 0 spiro atoms. The van der Waals surface area contributed by atoms with Crippen molar-refractivity contribution in [3.8, 4) is 0 Å². The number of benzene rings is 1. The van der Waals surface area contributed by atoms with E-state index in [0.717, 1.165) is 10.6 Å². The van der Waals surface area contributed by atoms with E-state index in [1.165, 1.54) is 11.3 Å². The highest BCUT2D eigenvalue weighted by atomic mass is 32.1. The Balaban J connectivity index is 2.05. The third kappa shape index (κ3) is 3.37. The molecular formula is C12H11N3S2. The molecule has 3 N–H and O–H groups in total. The number of nitrogens with two attached hydrogens (primary N) is 1. The number of rotatable bonds is 2. The van der Waals surface area contributed by atoms with Gasteiger partial charge in [-0.2, -0.15) is 0 Å². The van der Waals surface area contributed by atoms with Gasteiger partial charge in [0.05, 0.1) is 4.88 Å². The molecule has 0 atom stereocenters. The van der Waals surface area contributed by atoms with Gasteiger partial charge < -0.3 is 11.1 Å². The van der Waals surface area contributed by atoms with Crippen molar-refractivity contribution in [2.24, 2.45) is 10.7 Å². The average Bonchev–Trinajstić information content (AvgIpc) is 2.83. The van der Waals surface area contributed by atoms with Crippen LogP contribution in [0.5, 0.6) is 0 Å². The summed E-state index contributed by atoms with van der Waals surface area (Å²) in [4.78, 5) is 5.06. The molecule has 0 radical (unpaired) electrons. The van der Waals surface area contributed by atoms with E-state index >= 15 is 0 Å². The van der Waals surface area contributed by atoms with Crippen LogP contribution in [0.15, 0.2) is 52.8 Å². The number of para-hydroxylation sites is 1. The summed E-state index contributed by atoms with van der Waals surface area (Å²) in [6.07, 6.45) is 0. The van der Waals surface area contributed by atoms with Crippen LogP contribution >= 0.6 is 23.6 Å². The zero-order chi connectivity index (χ0) is 12.1. The number of amidine groups is 1. The Morgan fingerprint density at radius 3 is 2.59 bits per heavy atom. The van der Waals surface area contributed by atoms with Gasteiger partial charge in [-0.25, -0.2) is 4.99 Å². The van der Waals surface area contributed by atoms with Crippen molar-refractivity contribution in [2.75, 3.05) is 5.32 Å². The summed E-state index contributed by atoms with van der Waals surface area (Å²) in [5.74, 6) is 0.438. The van der Waals surface area contributed by atoms with Crippen LogP contribution in [0, 0.1) is 0 Å². The minimum Gasteiger partial charge on any atom is -0.382 e. The second-order valence-electron chi connectivity index (χ2n) is 3.27. The van der Waals surface area contributed by atoms with Gasteiger partial charge in [-0.15, -0.1) is 11.3 Å². The first-order chi connectivity index (χ1) is 8.25. The molecule has 0 bridgehead atoms. The monoisotopic (exact) mass is 261 g/mol. The molecule has 3 nitrogen and oxygen atoms in total. The Labute approximate surface area is 109 Å². The third-order valence-electron chi connectivity index (χ3n) is 2.02. The Bertz CT molecular complexity index is 518. The predicted octanol–water partition coefficient (Wildman–Crippen LogP) is 2.85. The molecule has 0 unspecified atom stereocenters. The minimum atomic E-state index is 0.363. The van der Waals surface area contributed by atoms with Crippen molar-refractivity contribution < 1.29 is 0 Å². The summed E-state index contributed by atoms with van der Waals surface area (Å²) < 4.78 is 0. The topological polar surface area (TPSA) is 50.4 Å². The maximum absolute atomic E-state index is 5.83. The molecule has 0 saturated carbocycles. The number of nitrogens with zero attached hydrogens (tertiary/aromatic N) is 1. The largest absolute Gasteiger partial charge is 0.382 e. The summed E-state index contributed by atoms with van der Waals surface area (Å²) in [6, 6.07) is 13.5. The summed E-state index contributed by atoms with van der Waals surface area (Å²) in [7, 11) is 0. The number of nitrogens with one attached hydrogen (secondary N) is 1. The molecule has 5 heteroatoms. The lowest BCUT2D eigenvalue weighted by Gasteiger charge is -2.03. The van der Waals surface area contributed by atoms with E-state index in [2.05, 4.69) is 10.3 Å². The van der Waals surface area contributed by atoms with Gasteiger partial charge in [0.1, 0.15) is 5.84 Å². The van der Waals surface area contributed by atoms with E-state index in [4.69, 9.17) is 18.0 Å². The highest BCUT2D eigenvalue weighted by Gasteiger charge is 2.01. The fourth-order valence-corrected chi connectivity index (χ4v) is 2.11. The minimum absolute atomic E-state index is 0.363. The Morgan fingerprint density at radius 1 is 1.18 bits per heavy atom. The molecule has 0 amide bonds. The van der Waals surface area contributed by atoms with E-state index in [-0.39, 0.29) is 0 Å². The first-order valence-corrected chi connectivity index (χ1v) is 6.28. The molecule has 17 heavy (non-hydrogen) atoms. The average molecular weight is 261 g/mol. The van der Waals surface area contributed by atoms with Gasteiger partial charge in [0.25, 0.3) is 0 Å². The maximum atomic E-state index is 5.83. The van der Waals surface area contributed by atoms with Crippen molar-refractivity contribution >= 4 is 40.2 Å². The molecule has 2 rings (SSSR count). The Morgan fingerprint density at radius 2 is 1.94 bits per heavy atom. The molecular weight excluding hydrogens is 250 g/mol. The van der Waals surface area contributed by atoms with Gasteiger partial charge in [-0.1, -0.05) is 24.3 Å². The number of hydrogen-bond donors (Lipinski definition) is 2. The first-order valence-electron chi connectivity index (χ1n) is 5.00. The van der Waals surface area contributed by atoms with Gasteiger partial charge in [-0.3, -0.25) is 0 Å². The van der Waals surface area contributed by atoms with Crippen LogP contribution in [0.4, 0.5) is 5.69 Å². The van der Waals surface area contributed by atoms with Crippen LogP contribution in [0.3, 0.4) is 0 Å². The Hall–Kier alpha value is -1.72. The molecule has 0 fully saturated rings. The van der Waals surface area contributed by atoms with E-state index in [0.29, 0.717) is 10.9 Å².